The summed E-state index contributed by atoms with van der Waals surface area (Å²) in [6, 6.07) is 0.631. The van der Waals surface area contributed by atoms with Crippen molar-refractivity contribution >= 4 is 0 Å². The maximum atomic E-state index is 6.04. The molecule has 18 heavy (non-hydrogen) atoms. The third kappa shape index (κ3) is 3.25. The summed E-state index contributed by atoms with van der Waals surface area (Å²) < 4.78 is 11.6. The number of nitrogens with one attached hydrogen (secondary N) is 1. The molecule has 106 valence electrons. The minimum absolute atomic E-state index is 0.0456. The summed E-state index contributed by atoms with van der Waals surface area (Å²) in [5.41, 5.74) is 0.0456. The first kappa shape index (κ1) is 14.3. The Kier molecular flexibility index (Phi) is 5.05. The maximum absolute atomic E-state index is 6.04. The second-order valence-electron chi connectivity index (χ2n) is 6.31. The molecular formula is C15H29NO2. The number of ether oxygens (including phenoxy) is 2. The van der Waals surface area contributed by atoms with Gasteiger partial charge in [-0.3, -0.25) is 0 Å². The van der Waals surface area contributed by atoms with Gasteiger partial charge in [0.1, 0.15) is 0 Å². The molecule has 2 saturated heterocycles. The van der Waals surface area contributed by atoms with Crippen LogP contribution in [0.4, 0.5) is 0 Å². The third-order valence-corrected chi connectivity index (χ3v) is 4.45. The van der Waals surface area contributed by atoms with Crippen LogP contribution in [0, 0.1) is 11.8 Å². The van der Waals surface area contributed by atoms with Crippen LogP contribution in [0.5, 0.6) is 0 Å². The molecule has 3 heteroatoms. The van der Waals surface area contributed by atoms with E-state index in [1.165, 1.54) is 19.3 Å². The lowest BCUT2D eigenvalue weighted by molar-refractivity contribution is -0.105. The van der Waals surface area contributed by atoms with Crippen molar-refractivity contribution in [3.63, 3.8) is 0 Å². The lowest BCUT2D eigenvalue weighted by Crippen LogP contribution is -2.49. The molecule has 0 bridgehead atoms. The number of rotatable bonds is 5. The summed E-state index contributed by atoms with van der Waals surface area (Å²) >= 11 is 0. The van der Waals surface area contributed by atoms with Gasteiger partial charge >= 0.3 is 0 Å². The predicted octanol–water partition coefficient (Wildman–Crippen LogP) is 2.60. The molecule has 0 aromatic heterocycles. The second kappa shape index (κ2) is 6.36. The maximum Gasteiger partial charge on any atom is 0.0939 e. The number of hydrogen-bond donors (Lipinski definition) is 1. The van der Waals surface area contributed by atoms with E-state index < -0.39 is 0 Å². The van der Waals surface area contributed by atoms with Crippen molar-refractivity contribution in [3.8, 4) is 0 Å². The summed E-state index contributed by atoms with van der Waals surface area (Å²) in [5.74, 6) is 1.44. The van der Waals surface area contributed by atoms with Crippen LogP contribution < -0.4 is 5.32 Å². The van der Waals surface area contributed by atoms with Gasteiger partial charge < -0.3 is 14.8 Å². The van der Waals surface area contributed by atoms with Crippen molar-refractivity contribution in [2.45, 2.75) is 58.1 Å². The Morgan fingerprint density at radius 3 is 2.78 bits per heavy atom. The van der Waals surface area contributed by atoms with E-state index >= 15 is 0 Å². The standard InChI is InChI=1S/C15H29NO2/c1-4-7-16-14(12(2)3)13-5-8-18-15(10-13)6-9-17-11-15/h12-14,16H,4-11H2,1-3H3. The Morgan fingerprint density at radius 2 is 2.17 bits per heavy atom. The normalized spacial score (nSPS) is 34.3. The fourth-order valence-corrected chi connectivity index (χ4v) is 3.49. The average Bonchev–Trinajstić information content (AvgIpc) is 2.77. The topological polar surface area (TPSA) is 30.5 Å². The molecule has 2 heterocycles. The Balaban J connectivity index is 1.96. The van der Waals surface area contributed by atoms with Crippen LogP contribution >= 0.6 is 0 Å². The van der Waals surface area contributed by atoms with Gasteiger partial charge in [0, 0.05) is 25.7 Å². The molecule has 0 aromatic carbocycles. The summed E-state index contributed by atoms with van der Waals surface area (Å²) in [6.07, 6.45) is 4.66. The highest BCUT2D eigenvalue weighted by Crippen LogP contribution is 2.38. The van der Waals surface area contributed by atoms with Crippen LogP contribution in [-0.4, -0.2) is 38.0 Å². The molecule has 0 amide bonds. The molecule has 2 aliphatic heterocycles. The molecule has 3 atom stereocenters. The van der Waals surface area contributed by atoms with Gasteiger partial charge in [0.15, 0.2) is 0 Å². The summed E-state index contributed by atoms with van der Waals surface area (Å²) in [7, 11) is 0. The average molecular weight is 255 g/mol. The Labute approximate surface area is 112 Å². The highest BCUT2D eigenvalue weighted by Gasteiger charge is 2.43. The zero-order valence-corrected chi connectivity index (χ0v) is 12.2. The molecular weight excluding hydrogens is 226 g/mol. The molecule has 2 aliphatic rings. The predicted molar refractivity (Wildman–Crippen MR) is 73.8 cm³/mol. The third-order valence-electron chi connectivity index (χ3n) is 4.45. The van der Waals surface area contributed by atoms with Gasteiger partial charge in [-0.2, -0.15) is 0 Å². The molecule has 0 aliphatic carbocycles. The van der Waals surface area contributed by atoms with E-state index in [0.717, 1.165) is 38.7 Å². The quantitative estimate of drug-likeness (QED) is 0.819. The molecule has 3 unspecified atom stereocenters. The lowest BCUT2D eigenvalue weighted by Gasteiger charge is -2.42. The van der Waals surface area contributed by atoms with E-state index in [9.17, 15) is 0 Å². The van der Waals surface area contributed by atoms with Crippen LogP contribution in [0.25, 0.3) is 0 Å². The SMILES string of the molecule is CCCNC(C(C)C)C1CCOC2(CCOC2)C1. The minimum Gasteiger partial charge on any atom is -0.378 e. The van der Waals surface area contributed by atoms with Crippen molar-refractivity contribution in [1.29, 1.82) is 0 Å². The molecule has 0 radical (unpaired) electrons. The molecule has 0 aromatic rings. The fraction of sp³-hybridized carbons (Fsp3) is 1.00. The molecule has 1 N–H and O–H groups in total. The van der Waals surface area contributed by atoms with Crippen molar-refractivity contribution < 1.29 is 9.47 Å². The zero-order chi connectivity index (χ0) is 13.0. The first-order chi connectivity index (χ1) is 8.67. The lowest BCUT2D eigenvalue weighted by atomic mass is 9.77. The molecule has 1 spiro atoms. The summed E-state index contributed by atoms with van der Waals surface area (Å²) in [4.78, 5) is 0. The van der Waals surface area contributed by atoms with E-state index in [-0.39, 0.29) is 5.60 Å². The van der Waals surface area contributed by atoms with Gasteiger partial charge in [-0.25, -0.2) is 0 Å². The van der Waals surface area contributed by atoms with Crippen LogP contribution in [0.2, 0.25) is 0 Å². The van der Waals surface area contributed by atoms with E-state index in [1.54, 1.807) is 0 Å². The van der Waals surface area contributed by atoms with Gasteiger partial charge in [0.2, 0.25) is 0 Å². The van der Waals surface area contributed by atoms with Crippen LogP contribution in [0.3, 0.4) is 0 Å². The van der Waals surface area contributed by atoms with Crippen LogP contribution in [0.1, 0.15) is 46.5 Å². The van der Waals surface area contributed by atoms with E-state index in [1.807, 2.05) is 0 Å². The van der Waals surface area contributed by atoms with Gasteiger partial charge in [0.05, 0.1) is 12.2 Å². The molecule has 2 rings (SSSR count). The molecule has 2 fully saturated rings. The second-order valence-corrected chi connectivity index (χ2v) is 6.31. The van der Waals surface area contributed by atoms with Crippen LogP contribution in [-0.2, 0) is 9.47 Å². The van der Waals surface area contributed by atoms with Gasteiger partial charge in [-0.05, 0) is 37.6 Å². The van der Waals surface area contributed by atoms with Gasteiger partial charge in [0.25, 0.3) is 0 Å². The Morgan fingerprint density at radius 1 is 1.33 bits per heavy atom. The van der Waals surface area contributed by atoms with Gasteiger partial charge in [-0.1, -0.05) is 20.8 Å². The zero-order valence-electron chi connectivity index (χ0n) is 12.2. The first-order valence-corrected chi connectivity index (χ1v) is 7.62. The summed E-state index contributed by atoms with van der Waals surface area (Å²) in [6.45, 7) is 10.6. The highest BCUT2D eigenvalue weighted by molar-refractivity contribution is 4.94. The van der Waals surface area contributed by atoms with Crippen LogP contribution in [0.15, 0.2) is 0 Å². The van der Waals surface area contributed by atoms with Crippen molar-refractivity contribution in [2.75, 3.05) is 26.4 Å². The minimum atomic E-state index is 0.0456. The van der Waals surface area contributed by atoms with Crippen molar-refractivity contribution in [3.05, 3.63) is 0 Å². The van der Waals surface area contributed by atoms with Crippen molar-refractivity contribution in [1.82, 2.24) is 5.32 Å². The van der Waals surface area contributed by atoms with E-state index in [2.05, 4.69) is 26.1 Å². The van der Waals surface area contributed by atoms with Crippen molar-refractivity contribution in [2.24, 2.45) is 11.8 Å². The first-order valence-electron chi connectivity index (χ1n) is 7.62. The Bertz CT molecular complexity index is 249. The van der Waals surface area contributed by atoms with E-state index in [0.29, 0.717) is 12.0 Å². The highest BCUT2D eigenvalue weighted by atomic mass is 16.6. The van der Waals surface area contributed by atoms with Gasteiger partial charge in [-0.15, -0.1) is 0 Å². The largest absolute Gasteiger partial charge is 0.378 e. The smallest absolute Gasteiger partial charge is 0.0939 e. The Hall–Kier alpha value is -0.120. The number of hydrogen-bond acceptors (Lipinski definition) is 3. The monoisotopic (exact) mass is 255 g/mol. The molecule has 0 saturated carbocycles. The fourth-order valence-electron chi connectivity index (χ4n) is 3.49. The molecule has 3 nitrogen and oxygen atoms in total. The van der Waals surface area contributed by atoms with E-state index in [4.69, 9.17) is 9.47 Å². The summed E-state index contributed by atoms with van der Waals surface area (Å²) in [5, 5.41) is 3.75.